The topological polar surface area (TPSA) is 41.6 Å². The minimum atomic E-state index is 0.480. The molecule has 1 aliphatic carbocycles. The summed E-state index contributed by atoms with van der Waals surface area (Å²) < 4.78 is 0. The molecule has 0 aromatic rings. The van der Waals surface area contributed by atoms with Crippen molar-refractivity contribution in [2.24, 2.45) is 28.0 Å². The van der Waals surface area contributed by atoms with E-state index in [4.69, 9.17) is 5.73 Å². The van der Waals surface area contributed by atoms with Crippen molar-refractivity contribution in [3.8, 4) is 0 Å². The zero-order chi connectivity index (χ0) is 12.5. The van der Waals surface area contributed by atoms with E-state index in [-0.39, 0.29) is 0 Å². The molecular weight excluding hydrogens is 210 g/mol. The molecule has 1 saturated heterocycles. The Hall–Kier alpha value is -0.730. The molecule has 1 aliphatic heterocycles. The predicted molar refractivity (Wildman–Crippen MR) is 73.0 cm³/mol. The second kappa shape index (κ2) is 4.87. The van der Waals surface area contributed by atoms with E-state index in [1.807, 2.05) is 0 Å². The number of hydrogen-bond acceptors (Lipinski definition) is 1. The maximum Gasteiger partial charge on any atom is 0.191 e. The molecule has 0 aromatic carbocycles. The molecule has 0 amide bonds. The Balaban J connectivity index is 1.85. The number of nitrogens with two attached hydrogens (primary N) is 1. The molecular formula is C14H27N3. The highest BCUT2D eigenvalue weighted by Gasteiger charge is 2.45. The summed E-state index contributed by atoms with van der Waals surface area (Å²) in [7, 11) is 0. The Labute approximate surface area is 105 Å². The van der Waals surface area contributed by atoms with Gasteiger partial charge in [-0.15, -0.1) is 0 Å². The number of aliphatic imine (C=N–C) groups is 1. The normalized spacial score (nSPS) is 25.4. The van der Waals surface area contributed by atoms with Gasteiger partial charge in [-0.3, -0.25) is 4.99 Å². The highest BCUT2D eigenvalue weighted by Crippen LogP contribution is 2.51. The maximum atomic E-state index is 6.10. The average molecular weight is 237 g/mol. The summed E-state index contributed by atoms with van der Waals surface area (Å²) in [5.41, 5.74) is 6.58. The van der Waals surface area contributed by atoms with Gasteiger partial charge < -0.3 is 10.6 Å². The largest absolute Gasteiger partial charge is 0.370 e. The van der Waals surface area contributed by atoms with Crippen LogP contribution in [0.2, 0.25) is 0 Å². The molecule has 0 radical (unpaired) electrons. The third-order valence-corrected chi connectivity index (χ3v) is 4.78. The molecule has 2 N–H and O–H groups in total. The fourth-order valence-corrected chi connectivity index (χ4v) is 2.65. The van der Waals surface area contributed by atoms with Crippen LogP contribution in [0.3, 0.4) is 0 Å². The molecule has 0 unspecified atom stereocenters. The first kappa shape index (κ1) is 12.7. The van der Waals surface area contributed by atoms with Crippen LogP contribution in [0.4, 0.5) is 0 Å². The van der Waals surface area contributed by atoms with Crippen molar-refractivity contribution in [2.45, 2.75) is 46.5 Å². The van der Waals surface area contributed by atoms with Gasteiger partial charge in [-0.25, -0.2) is 0 Å². The van der Waals surface area contributed by atoms with E-state index in [9.17, 15) is 0 Å². The zero-order valence-corrected chi connectivity index (χ0v) is 11.6. The molecule has 3 nitrogen and oxygen atoms in total. The van der Waals surface area contributed by atoms with E-state index in [0.29, 0.717) is 5.41 Å². The second-order valence-electron chi connectivity index (χ2n) is 6.36. The lowest BCUT2D eigenvalue weighted by molar-refractivity contribution is 0.276. The number of likely N-dealkylation sites (tertiary alicyclic amines) is 1. The van der Waals surface area contributed by atoms with Crippen LogP contribution in [0.25, 0.3) is 0 Å². The van der Waals surface area contributed by atoms with Gasteiger partial charge in [-0.05, 0) is 42.9 Å². The summed E-state index contributed by atoms with van der Waals surface area (Å²) >= 11 is 0. The van der Waals surface area contributed by atoms with E-state index in [1.54, 1.807) is 0 Å². The standard InChI is InChI=1S/C14H27N3/c1-11(2)14(6-7-14)10-16-13(15)17-8-4-12(3)5-9-17/h11-12H,4-10H2,1-3H3,(H2,15,16). The number of hydrogen-bond donors (Lipinski definition) is 1. The molecule has 1 heterocycles. The van der Waals surface area contributed by atoms with E-state index in [0.717, 1.165) is 37.4 Å². The number of nitrogens with zero attached hydrogens (tertiary/aromatic N) is 2. The number of guanidine groups is 1. The maximum absolute atomic E-state index is 6.10. The fourth-order valence-electron chi connectivity index (χ4n) is 2.65. The smallest absolute Gasteiger partial charge is 0.191 e. The SMILES string of the molecule is CC1CCN(C(N)=NCC2(C(C)C)CC2)CC1. The monoisotopic (exact) mass is 237 g/mol. The van der Waals surface area contributed by atoms with Crippen molar-refractivity contribution in [3.05, 3.63) is 0 Å². The first-order valence-corrected chi connectivity index (χ1v) is 7.08. The van der Waals surface area contributed by atoms with Crippen LogP contribution in [0.15, 0.2) is 4.99 Å². The quantitative estimate of drug-likeness (QED) is 0.605. The van der Waals surface area contributed by atoms with Crippen LogP contribution >= 0.6 is 0 Å². The highest BCUT2D eigenvalue weighted by atomic mass is 15.3. The van der Waals surface area contributed by atoms with Gasteiger partial charge in [0.1, 0.15) is 0 Å². The van der Waals surface area contributed by atoms with Crippen LogP contribution < -0.4 is 5.73 Å². The molecule has 0 aromatic heterocycles. The Kier molecular flexibility index (Phi) is 3.64. The Morgan fingerprint density at radius 1 is 1.35 bits per heavy atom. The van der Waals surface area contributed by atoms with Crippen molar-refractivity contribution >= 4 is 5.96 Å². The Bertz CT molecular complexity index is 284. The van der Waals surface area contributed by atoms with Gasteiger partial charge in [0.15, 0.2) is 5.96 Å². The summed E-state index contributed by atoms with van der Waals surface area (Å²) in [6.07, 6.45) is 5.17. The number of piperidine rings is 1. The van der Waals surface area contributed by atoms with Gasteiger partial charge in [-0.1, -0.05) is 20.8 Å². The number of rotatable bonds is 3. The highest BCUT2D eigenvalue weighted by molar-refractivity contribution is 5.78. The van der Waals surface area contributed by atoms with Crippen molar-refractivity contribution < 1.29 is 0 Å². The molecule has 0 atom stereocenters. The zero-order valence-electron chi connectivity index (χ0n) is 11.6. The Morgan fingerprint density at radius 2 is 1.94 bits per heavy atom. The summed E-state index contributed by atoms with van der Waals surface area (Å²) in [5, 5.41) is 0. The van der Waals surface area contributed by atoms with Crippen LogP contribution in [0.5, 0.6) is 0 Å². The van der Waals surface area contributed by atoms with Crippen molar-refractivity contribution in [3.63, 3.8) is 0 Å². The fraction of sp³-hybridized carbons (Fsp3) is 0.929. The van der Waals surface area contributed by atoms with E-state index in [1.165, 1.54) is 25.7 Å². The van der Waals surface area contributed by atoms with E-state index in [2.05, 4.69) is 30.7 Å². The lowest BCUT2D eigenvalue weighted by atomic mass is 9.93. The van der Waals surface area contributed by atoms with Gasteiger partial charge in [0.25, 0.3) is 0 Å². The van der Waals surface area contributed by atoms with Crippen LogP contribution in [0.1, 0.15) is 46.5 Å². The third-order valence-electron chi connectivity index (χ3n) is 4.78. The molecule has 0 spiro atoms. The molecule has 2 fully saturated rings. The minimum absolute atomic E-state index is 0.480. The van der Waals surface area contributed by atoms with E-state index < -0.39 is 0 Å². The predicted octanol–water partition coefficient (Wildman–Crippen LogP) is 2.47. The summed E-state index contributed by atoms with van der Waals surface area (Å²) in [4.78, 5) is 6.91. The Morgan fingerprint density at radius 3 is 2.41 bits per heavy atom. The van der Waals surface area contributed by atoms with Gasteiger partial charge in [-0.2, -0.15) is 0 Å². The average Bonchev–Trinajstić information content (AvgIpc) is 3.08. The molecule has 1 saturated carbocycles. The first-order chi connectivity index (χ1) is 8.03. The van der Waals surface area contributed by atoms with Crippen LogP contribution in [-0.2, 0) is 0 Å². The summed E-state index contributed by atoms with van der Waals surface area (Å²) in [6.45, 7) is 10.0. The molecule has 0 bridgehead atoms. The summed E-state index contributed by atoms with van der Waals surface area (Å²) in [6, 6.07) is 0. The van der Waals surface area contributed by atoms with Crippen LogP contribution in [-0.4, -0.2) is 30.5 Å². The van der Waals surface area contributed by atoms with Gasteiger partial charge in [0.2, 0.25) is 0 Å². The van der Waals surface area contributed by atoms with Crippen molar-refractivity contribution in [2.75, 3.05) is 19.6 Å². The lowest BCUT2D eigenvalue weighted by Gasteiger charge is -2.31. The molecule has 17 heavy (non-hydrogen) atoms. The van der Waals surface area contributed by atoms with Gasteiger partial charge in [0.05, 0.1) is 0 Å². The van der Waals surface area contributed by atoms with Crippen molar-refractivity contribution in [1.29, 1.82) is 0 Å². The minimum Gasteiger partial charge on any atom is -0.370 e. The summed E-state index contributed by atoms with van der Waals surface area (Å²) in [5.74, 6) is 2.37. The lowest BCUT2D eigenvalue weighted by Crippen LogP contribution is -2.42. The van der Waals surface area contributed by atoms with Crippen molar-refractivity contribution in [1.82, 2.24) is 4.90 Å². The first-order valence-electron chi connectivity index (χ1n) is 7.08. The third kappa shape index (κ3) is 2.93. The van der Waals surface area contributed by atoms with E-state index >= 15 is 0 Å². The van der Waals surface area contributed by atoms with Gasteiger partial charge >= 0.3 is 0 Å². The molecule has 2 aliphatic rings. The van der Waals surface area contributed by atoms with Crippen LogP contribution in [0, 0.1) is 17.3 Å². The molecule has 2 rings (SSSR count). The molecule has 98 valence electrons. The van der Waals surface area contributed by atoms with Gasteiger partial charge in [0, 0.05) is 19.6 Å². The molecule has 3 heteroatoms. The second-order valence-corrected chi connectivity index (χ2v) is 6.36.